The summed E-state index contributed by atoms with van der Waals surface area (Å²) in [5.41, 5.74) is 1.52. The summed E-state index contributed by atoms with van der Waals surface area (Å²) in [6.07, 6.45) is 4.30. The molecule has 122 valence electrons. The van der Waals surface area contributed by atoms with Crippen molar-refractivity contribution in [1.29, 1.82) is 0 Å². The lowest BCUT2D eigenvalue weighted by atomic mass is 10.3. The van der Waals surface area contributed by atoms with E-state index in [4.69, 9.17) is 4.74 Å². The van der Waals surface area contributed by atoms with E-state index in [-0.39, 0.29) is 5.91 Å². The van der Waals surface area contributed by atoms with Gasteiger partial charge in [-0.2, -0.15) is 0 Å². The highest BCUT2D eigenvalue weighted by Crippen LogP contribution is 2.25. The van der Waals surface area contributed by atoms with Crippen LogP contribution in [-0.4, -0.2) is 26.8 Å². The van der Waals surface area contributed by atoms with Crippen molar-refractivity contribution in [2.75, 3.05) is 5.32 Å². The summed E-state index contributed by atoms with van der Waals surface area (Å²) in [6.45, 7) is 1.67. The fraction of sp³-hybridized carbons (Fsp3) is 0.118. The summed E-state index contributed by atoms with van der Waals surface area (Å²) < 4.78 is 8.03. The standard InChI is InChI=1S/C17H15BrN4O2/c1-12(16(23)20-13-6-5-9-19-10-13)24-17-15(18)11-22(21-17)14-7-3-2-4-8-14/h2-12H,1H3,(H,20,23). The Kier molecular flexibility index (Phi) is 4.90. The van der Waals surface area contributed by atoms with Crippen molar-refractivity contribution in [1.82, 2.24) is 14.8 Å². The predicted octanol–water partition coefficient (Wildman–Crippen LogP) is 3.44. The normalized spacial score (nSPS) is 11.8. The topological polar surface area (TPSA) is 69.0 Å². The molecule has 1 N–H and O–H groups in total. The molecule has 1 unspecified atom stereocenters. The molecule has 7 heteroatoms. The maximum atomic E-state index is 12.2. The average molecular weight is 387 g/mol. The number of amides is 1. The molecule has 6 nitrogen and oxygen atoms in total. The molecule has 2 aromatic heterocycles. The predicted molar refractivity (Wildman–Crippen MR) is 94.2 cm³/mol. The smallest absolute Gasteiger partial charge is 0.265 e. The molecular weight excluding hydrogens is 372 g/mol. The molecule has 3 aromatic rings. The minimum absolute atomic E-state index is 0.274. The largest absolute Gasteiger partial charge is 0.463 e. The van der Waals surface area contributed by atoms with Crippen LogP contribution in [0, 0.1) is 0 Å². The number of aromatic nitrogens is 3. The number of rotatable bonds is 5. The molecule has 1 atom stereocenters. The van der Waals surface area contributed by atoms with Gasteiger partial charge in [-0.3, -0.25) is 9.78 Å². The number of benzene rings is 1. The zero-order chi connectivity index (χ0) is 16.9. The molecule has 24 heavy (non-hydrogen) atoms. The minimum atomic E-state index is -0.708. The first-order valence-corrected chi connectivity index (χ1v) is 8.11. The van der Waals surface area contributed by atoms with Crippen LogP contribution in [0.2, 0.25) is 0 Å². The second kappa shape index (κ2) is 7.27. The van der Waals surface area contributed by atoms with Crippen LogP contribution in [0.15, 0.2) is 65.5 Å². The Morgan fingerprint density at radius 1 is 1.25 bits per heavy atom. The highest BCUT2D eigenvalue weighted by molar-refractivity contribution is 9.10. The summed E-state index contributed by atoms with van der Waals surface area (Å²) in [7, 11) is 0. The van der Waals surface area contributed by atoms with E-state index in [0.717, 1.165) is 5.69 Å². The Morgan fingerprint density at radius 3 is 2.75 bits per heavy atom. The molecular formula is C17H15BrN4O2. The van der Waals surface area contributed by atoms with Gasteiger partial charge in [0.2, 0.25) is 5.88 Å². The van der Waals surface area contributed by atoms with Gasteiger partial charge in [-0.1, -0.05) is 18.2 Å². The Labute approximate surface area is 147 Å². The third-order valence-corrected chi connectivity index (χ3v) is 3.79. The second-order valence-electron chi connectivity index (χ2n) is 5.05. The van der Waals surface area contributed by atoms with Gasteiger partial charge in [0, 0.05) is 12.4 Å². The number of nitrogens with one attached hydrogen (secondary N) is 1. The maximum Gasteiger partial charge on any atom is 0.265 e. The van der Waals surface area contributed by atoms with Crippen molar-refractivity contribution in [3.63, 3.8) is 0 Å². The molecule has 0 fully saturated rings. The summed E-state index contributed by atoms with van der Waals surface area (Å²) in [4.78, 5) is 16.1. The molecule has 0 aliphatic rings. The number of carbonyl (C=O) groups is 1. The highest BCUT2D eigenvalue weighted by Gasteiger charge is 2.18. The molecule has 0 saturated carbocycles. The van der Waals surface area contributed by atoms with Gasteiger partial charge >= 0.3 is 0 Å². The molecule has 0 radical (unpaired) electrons. The van der Waals surface area contributed by atoms with Gasteiger partial charge in [0.25, 0.3) is 5.91 Å². The van der Waals surface area contributed by atoms with Crippen LogP contribution < -0.4 is 10.1 Å². The van der Waals surface area contributed by atoms with E-state index in [1.165, 1.54) is 0 Å². The first-order chi connectivity index (χ1) is 11.6. The number of hydrogen-bond acceptors (Lipinski definition) is 4. The van der Waals surface area contributed by atoms with Crippen LogP contribution in [0.25, 0.3) is 5.69 Å². The van der Waals surface area contributed by atoms with Crippen molar-refractivity contribution < 1.29 is 9.53 Å². The number of anilines is 1. The fourth-order valence-corrected chi connectivity index (χ4v) is 2.40. The number of pyridine rings is 1. The highest BCUT2D eigenvalue weighted by atomic mass is 79.9. The summed E-state index contributed by atoms with van der Waals surface area (Å²) in [5, 5.41) is 7.11. The molecule has 0 spiro atoms. The fourth-order valence-electron chi connectivity index (χ4n) is 2.03. The molecule has 0 bridgehead atoms. The van der Waals surface area contributed by atoms with Crippen LogP contribution in [0.1, 0.15) is 6.92 Å². The molecule has 2 heterocycles. The van der Waals surface area contributed by atoms with Crippen LogP contribution in [-0.2, 0) is 4.79 Å². The summed E-state index contributed by atoms with van der Waals surface area (Å²) in [5.74, 6) is 0.0804. The lowest BCUT2D eigenvalue weighted by Gasteiger charge is -2.13. The van der Waals surface area contributed by atoms with E-state index in [2.05, 4.69) is 31.3 Å². The number of para-hydroxylation sites is 1. The zero-order valence-electron chi connectivity index (χ0n) is 12.9. The Morgan fingerprint density at radius 2 is 2.04 bits per heavy atom. The van der Waals surface area contributed by atoms with Crippen molar-refractivity contribution in [3.05, 3.63) is 65.5 Å². The van der Waals surface area contributed by atoms with Crippen LogP contribution in [0.5, 0.6) is 5.88 Å². The summed E-state index contributed by atoms with van der Waals surface area (Å²) >= 11 is 3.41. The Balaban J connectivity index is 1.69. The Bertz CT molecular complexity index is 821. The minimum Gasteiger partial charge on any atom is -0.463 e. The van der Waals surface area contributed by atoms with Crippen molar-refractivity contribution in [3.8, 4) is 11.6 Å². The molecule has 0 saturated heterocycles. The average Bonchev–Trinajstić information content (AvgIpc) is 2.97. The van der Waals surface area contributed by atoms with Gasteiger partial charge < -0.3 is 10.1 Å². The van der Waals surface area contributed by atoms with Crippen molar-refractivity contribution in [2.45, 2.75) is 13.0 Å². The van der Waals surface area contributed by atoms with Gasteiger partial charge in [0.1, 0.15) is 0 Å². The molecule has 0 aliphatic carbocycles. The van der Waals surface area contributed by atoms with Gasteiger partial charge in [-0.25, -0.2) is 4.68 Å². The van der Waals surface area contributed by atoms with Crippen LogP contribution >= 0.6 is 15.9 Å². The van der Waals surface area contributed by atoms with E-state index in [1.54, 1.807) is 42.3 Å². The van der Waals surface area contributed by atoms with Gasteiger partial charge in [0.15, 0.2) is 6.10 Å². The van der Waals surface area contributed by atoms with Gasteiger partial charge in [-0.05, 0) is 47.1 Å². The SMILES string of the molecule is CC(Oc1nn(-c2ccccc2)cc1Br)C(=O)Nc1cccnc1. The third kappa shape index (κ3) is 3.80. The number of hydrogen-bond donors (Lipinski definition) is 1. The van der Waals surface area contributed by atoms with Gasteiger partial charge in [-0.15, -0.1) is 5.10 Å². The van der Waals surface area contributed by atoms with E-state index >= 15 is 0 Å². The van der Waals surface area contributed by atoms with Gasteiger partial charge in [0.05, 0.1) is 22.0 Å². The molecule has 1 aromatic carbocycles. The molecule has 1 amide bonds. The zero-order valence-corrected chi connectivity index (χ0v) is 14.5. The lowest BCUT2D eigenvalue weighted by molar-refractivity contribution is -0.122. The lowest BCUT2D eigenvalue weighted by Crippen LogP contribution is -2.30. The van der Waals surface area contributed by atoms with E-state index in [9.17, 15) is 4.79 Å². The molecule has 0 aliphatic heterocycles. The monoisotopic (exact) mass is 386 g/mol. The second-order valence-corrected chi connectivity index (χ2v) is 5.91. The first kappa shape index (κ1) is 16.2. The Hall–Kier alpha value is -2.67. The number of nitrogens with zero attached hydrogens (tertiary/aromatic N) is 3. The van der Waals surface area contributed by atoms with E-state index in [0.29, 0.717) is 16.0 Å². The van der Waals surface area contributed by atoms with E-state index < -0.39 is 6.10 Å². The summed E-state index contributed by atoms with van der Waals surface area (Å²) in [6, 6.07) is 13.2. The van der Waals surface area contributed by atoms with Crippen molar-refractivity contribution >= 4 is 27.5 Å². The number of halogens is 1. The third-order valence-electron chi connectivity index (χ3n) is 3.25. The molecule has 3 rings (SSSR count). The van der Waals surface area contributed by atoms with E-state index in [1.807, 2.05) is 30.3 Å². The maximum absolute atomic E-state index is 12.2. The quantitative estimate of drug-likeness (QED) is 0.728. The number of carbonyl (C=O) groups excluding carboxylic acids is 1. The van der Waals surface area contributed by atoms with Crippen LogP contribution in [0.3, 0.4) is 0 Å². The number of ether oxygens (including phenoxy) is 1. The first-order valence-electron chi connectivity index (χ1n) is 7.31. The van der Waals surface area contributed by atoms with Crippen molar-refractivity contribution in [2.24, 2.45) is 0 Å². The van der Waals surface area contributed by atoms with Crippen LogP contribution in [0.4, 0.5) is 5.69 Å².